The molecule has 0 aromatic heterocycles. The molecule has 18 heavy (non-hydrogen) atoms. The lowest BCUT2D eigenvalue weighted by atomic mass is 10.2. The quantitative estimate of drug-likeness (QED) is 0.772. The first-order chi connectivity index (χ1) is 8.63. The number of alkyl halides is 1. The number of carboxylic acids is 1. The zero-order valence-corrected chi connectivity index (χ0v) is 10.8. The second kappa shape index (κ2) is 7.71. The van der Waals surface area contributed by atoms with E-state index in [1.165, 1.54) is 4.90 Å². The maximum absolute atomic E-state index is 11.8. The van der Waals surface area contributed by atoms with Crippen molar-refractivity contribution in [1.29, 1.82) is 0 Å². The van der Waals surface area contributed by atoms with E-state index in [-0.39, 0.29) is 18.9 Å². The van der Waals surface area contributed by atoms with Crippen LogP contribution in [0.4, 0.5) is 0 Å². The molecule has 0 fully saturated rings. The molecule has 1 rings (SSSR count). The maximum atomic E-state index is 11.8. The Hall–Kier alpha value is -1.55. The third kappa shape index (κ3) is 5.19. The number of carbonyl (C=O) groups is 2. The molecular formula is C13H16ClNO3. The van der Waals surface area contributed by atoms with Crippen LogP contribution in [-0.4, -0.2) is 34.3 Å². The molecule has 0 saturated carbocycles. The van der Waals surface area contributed by atoms with Gasteiger partial charge < -0.3 is 10.0 Å². The van der Waals surface area contributed by atoms with Crippen LogP contribution in [0.15, 0.2) is 30.3 Å². The van der Waals surface area contributed by atoms with Crippen molar-refractivity contribution < 1.29 is 14.7 Å². The Bertz CT molecular complexity index is 394. The van der Waals surface area contributed by atoms with Crippen LogP contribution >= 0.6 is 11.6 Å². The molecule has 1 amide bonds. The van der Waals surface area contributed by atoms with Crippen LogP contribution in [0.2, 0.25) is 0 Å². The predicted octanol–water partition coefficient (Wildman–Crippen LogP) is 2.12. The fourth-order valence-corrected chi connectivity index (χ4v) is 1.71. The van der Waals surface area contributed by atoms with E-state index in [1.807, 2.05) is 30.3 Å². The van der Waals surface area contributed by atoms with E-state index in [4.69, 9.17) is 16.7 Å². The summed E-state index contributed by atoms with van der Waals surface area (Å²) < 4.78 is 0. The van der Waals surface area contributed by atoms with Gasteiger partial charge in [-0.3, -0.25) is 9.59 Å². The van der Waals surface area contributed by atoms with Crippen LogP contribution in [0.3, 0.4) is 0 Å². The van der Waals surface area contributed by atoms with Gasteiger partial charge >= 0.3 is 5.97 Å². The SMILES string of the molecule is O=C(O)CN(Cc1ccccc1)C(=O)CCCCl. The number of amides is 1. The Morgan fingerprint density at radius 3 is 2.44 bits per heavy atom. The molecule has 0 bridgehead atoms. The van der Waals surface area contributed by atoms with E-state index in [2.05, 4.69) is 0 Å². The fourth-order valence-electron chi connectivity index (χ4n) is 1.58. The van der Waals surface area contributed by atoms with E-state index in [0.717, 1.165) is 5.56 Å². The molecule has 98 valence electrons. The standard InChI is InChI=1S/C13H16ClNO3/c14-8-4-7-12(16)15(10-13(17)18)9-11-5-2-1-3-6-11/h1-3,5-6H,4,7-10H2,(H,17,18). The summed E-state index contributed by atoms with van der Waals surface area (Å²) in [5.74, 6) is -0.787. The molecule has 0 spiro atoms. The molecule has 0 atom stereocenters. The normalized spacial score (nSPS) is 10.1. The van der Waals surface area contributed by atoms with Gasteiger partial charge in [0.1, 0.15) is 6.54 Å². The highest BCUT2D eigenvalue weighted by Crippen LogP contribution is 2.07. The summed E-state index contributed by atoms with van der Waals surface area (Å²) in [5.41, 5.74) is 0.915. The number of carboxylic acid groups (broad SMARTS) is 1. The van der Waals surface area contributed by atoms with Crippen molar-refractivity contribution in [3.05, 3.63) is 35.9 Å². The van der Waals surface area contributed by atoms with Crippen LogP contribution in [0.5, 0.6) is 0 Å². The molecule has 1 aromatic rings. The molecule has 4 nitrogen and oxygen atoms in total. The van der Waals surface area contributed by atoms with Gasteiger partial charge in [0.25, 0.3) is 0 Å². The molecule has 0 heterocycles. The molecule has 0 saturated heterocycles. The van der Waals surface area contributed by atoms with Gasteiger partial charge in [0.15, 0.2) is 0 Å². The average Bonchev–Trinajstić information content (AvgIpc) is 2.36. The van der Waals surface area contributed by atoms with Gasteiger partial charge in [0.2, 0.25) is 5.91 Å². The lowest BCUT2D eigenvalue weighted by Gasteiger charge is -2.20. The lowest BCUT2D eigenvalue weighted by Crippen LogP contribution is -2.35. The first-order valence-electron chi connectivity index (χ1n) is 5.73. The average molecular weight is 270 g/mol. The van der Waals surface area contributed by atoms with Gasteiger partial charge in [0, 0.05) is 18.8 Å². The highest BCUT2D eigenvalue weighted by Gasteiger charge is 2.16. The highest BCUT2D eigenvalue weighted by molar-refractivity contribution is 6.17. The predicted molar refractivity (Wildman–Crippen MR) is 69.4 cm³/mol. The Labute approximate surface area is 111 Å². The number of nitrogens with zero attached hydrogens (tertiary/aromatic N) is 1. The summed E-state index contributed by atoms with van der Waals surface area (Å²) in [6, 6.07) is 9.32. The monoisotopic (exact) mass is 269 g/mol. The number of hydrogen-bond donors (Lipinski definition) is 1. The van der Waals surface area contributed by atoms with Crippen molar-refractivity contribution in [1.82, 2.24) is 4.90 Å². The summed E-state index contributed by atoms with van der Waals surface area (Å²) in [6.07, 6.45) is 0.842. The minimum atomic E-state index is -1.01. The Kier molecular flexibility index (Phi) is 6.22. The van der Waals surface area contributed by atoms with Crippen LogP contribution in [-0.2, 0) is 16.1 Å². The van der Waals surface area contributed by atoms with Crippen molar-refractivity contribution in [2.75, 3.05) is 12.4 Å². The summed E-state index contributed by atoms with van der Waals surface area (Å²) >= 11 is 5.53. The molecule has 0 unspecified atom stereocenters. The largest absolute Gasteiger partial charge is 0.480 e. The van der Waals surface area contributed by atoms with Gasteiger partial charge in [-0.2, -0.15) is 0 Å². The van der Waals surface area contributed by atoms with E-state index in [9.17, 15) is 9.59 Å². The van der Waals surface area contributed by atoms with Crippen molar-refractivity contribution in [3.63, 3.8) is 0 Å². The molecule has 5 heteroatoms. The molecule has 1 aromatic carbocycles. The molecule has 0 aliphatic carbocycles. The van der Waals surface area contributed by atoms with Gasteiger partial charge in [-0.25, -0.2) is 0 Å². The molecule has 1 N–H and O–H groups in total. The van der Waals surface area contributed by atoms with E-state index in [1.54, 1.807) is 0 Å². The van der Waals surface area contributed by atoms with Crippen molar-refractivity contribution in [3.8, 4) is 0 Å². The number of aliphatic carboxylic acids is 1. The zero-order valence-electron chi connectivity index (χ0n) is 10.0. The smallest absolute Gasteiger partial charge is 0.323 e. The summed E-state index contributed by atoms with van der Waals surface area (Å²) in [6.45, 7) is 0.0320. The maximum Gasteiger partial charge on any atom is 0.323 e. The van der Waals surface area contributed by atoms with Gasteiger partial charge in [-0.1, -0.05) is 30.3 Å². The number of hydrogen-bond acceptors (Lipinski definition) is 2. The first-order valence-corrected chi connectivity index (χ1v) is 6.26. The van der Waals surface area contributed by atoms with Gasteiger partial charge in [-0.15, -0.1) is 11.6 Å². The minimum absolute atomic E-state index is 0.179. The number of carbonyl (C=O) groups excluding carboxylic acids is 1. The van der Waals surface area contributed by atoms with Crippen LogP contribution in [0.1, 0.15) is 18.4 Å². The summed E-state index contributed by atoms with van der Waals surface area (Å²) in [7, 11) is 0. The fraction of sp³-hybridized carbons (Fsp3) is 0.385. The lowest BCUT2D eigenvalue weighted by molar-refractivity contribution is -0.144. The number of rotatable bonds is 7. The third-order valence-corrected chi connectivity index (χ3v) is 2.69. The topological polar surface area (TPSA) is 57.6 Å². The zero-order chi connectivity index (χ0) is 13.4. The highest BCUT2D eigenvalue weighted by atomic mass is 35.5. The Balaban J connectivity index is 2.66. The minimum Gasteiger partial charge on any atom is -0.480 e. The second-order valence-corrected chi connectivity index (χ2v) is 4.30. The number of benzene rings is 1. The third-order valence-electron chi connectivity index (χ3n) is 2.42. The second-order valence-electron chi connectivity index (χ2n) is 3.92. The van der Waals surface area contributed by atoms with E-state index in [0.29, 0.717) is 18.8 Å². The van der Waals surface area contributed by atoms with Crippen LogP contribution in [0, 0.1) is 0 Å². The van der Waals surface area contributed by atoms with E-state index < -0.39 is 5.97 Å². The molecule has 0 aliphatic rings. The van der Waals surface area contributed by atoms with Crippen LogP contribution < -0.4 is 0 Å². The first kappa shape index (κ1) is 14.5. The van der Waals surface area contributed by atoms with Gasteiger partial charge in [-0.05, 0) is 12.0 Å². The Morgan fingerprint density at radius 2 is 1.89 bits per heavy atom. The molecular weight excluding hydrogens is 254 g/mol. The van der Waals surface area contributed by atoms with Gasteiger partial charge in [0.05, 0.1) is 0 Å². The summed E-state index contributed by atoms with van der Waals surface area (Å²) in [5, 5.41) is 8.82. The van der Waals surface area contributed by atoms with Crippen molar-refractivity contribution in [2.24, 2.45) is 0 Å². The van der Waals surface area contributed by atoms with Crippen molar-refractivity contribution >= 4 is 23.5 Å². The molecule has 0 aliphatic heterocycles. The Morgan fingerprint density at radius 1 is 1.22 bits per heavy atom. The van der Waals surface area contributed by atoms with Crippen molar-refractivity contribution in [2.45, 2.75) is 19.4 Å². The van der Waals surface area contributed by atoms with E-state index >= 15 is 0 Å². The summed E-state index contributed by atoms with van der Waals surface area (Å²) in [4.78, 5) is 23.9. The van der Waals surface area contributed by atoms with Crippen LogP contribution in [0.25, 0.3) is 0 Å². The molecule has 0 radical (unpaired) electrons. The number of halogens is 1.